The van der Waals surface area contributed by atoms with Crippen LogP contribution in [-0.2, 0) is 7.05 Å². The van der Waals surface area contributed by atoms with Gasteiger partial charge in [0.1, 0.15) is 5.69 Å². The van der Waals surface area contributed by atoms with Gasteiger partial charge in [0.25, 0.3) is 0 Å². The fraction of sp³-hybridized carbons (Fsp3) is 0.438. The van der Waals surface area contributed by atoms with Crippen LogP contribution in [0.4, 0.5) is 0 Å². The second kappa shape index (κ2) is 7.26. The van der Waals surface area contributed by atoms with Crippen molar-refractivity contribution in [2.75, 3.05) is 13.7 Å². The van der Waals surface area contributed by atoms with Crippen molar-refractivity contribution in [2.24, 2.45) is 7.05 Å². The standard InChI is InChI=1S/C16H22IN3O/c1-5-9-18-15(12-8-6-7-11(2)14(12)17)16-13(21-4)10-19-20(16)3/h6-8,10,15,18H,5,9H2,1-4H3. The summed E-state index contributed by atoms with van der Waals surface area (Å²) in [6, 6.07) is 6.51. The van der Waals surface area contributed by atoms with Crippen molar-refractivity contribution >= 4 is 22.6 Å². The van der Waals surface area contributed by atoms with Crippen LogP contribution < -0.4 is 10.1 Å². The van der Waals surface area contributed by atoms with Crippen LogP contribution in [0.25, 0.3) is 0 Å². The zero-order chi connectivity index (χ0) is 15.4. The molecule has 4 nitrogen and oxygen atoms in total. The number of aromatic nitrogens is 2. The molecule has 0 bridgehead atoms. The van der Waals surface area contributed by atoms with E-state index < -0.39 is 0 Å². The predicted octanol–water partition coefficient (Wildman–Crippen LogP) is 3.43. The molecule has 0 aliphatic rings. The molecule has 0 saturated heterocycles. The van der Waals surface area contributed by atoms with E-state index in [-0.39, 0.29) is 6.04 Å². The Morgan fingerprint density at radius 2 is 2.19 bits per heavy atom. The SMILES string of the molecule is CCCNC(c1cccc(C)c1I)c1c(OC)cnn1C. The molecule has 1 aromatic heterocycles. The smallest absolute Gasteiger partial charge is 0.161 e. The number of hydrogen-bond donors (Lipinski definition) is 1. The summed E-state index contributed by atoms with van der Waals surface area (Å²) < 4.78 is 8.67. The van der Waals surface area contributed by atoms with Gasteiger partial charge in [0.05, 0.1) is 19.3 Å². The molecule has 2 aromatic rings. The van der Waals surface area contributed by atoms with Gasteiger partial charge in [-0.15, -0.1) is 0 Å². The van der Waals surface area contributed by atoms with Gasteiger partial charge in [0.15, 0.2) is 5.75 Å². The Morgan fingerprint density at radius 1 is 1.43 bits per heavy atom. The van der Waals surface area contributed by atoms with Crippen LogP contribution in [0.1, 0.15) is 36.2 Å². The number of hydrogen-bond acceptors (Lipinski definition) is 3. The molecule has 0 fully saturated rings. The normalized spacial score (nSPS) is 12.4. The molecule has 0 aliphatic heterocycles. The number of methoxy groups -OCH3 is 1. The third kappa shape index (κ3) is 3.40. The largest absolute Gasteiger partial charge is 0.493 e. The van der Waals surface area contributed by atoms with Crippen molar-refractivity contribution in [3.8, 4) is 5.75 Å². The topological polar surface area (TPSA) is 39.1 Å². The van der Waals surface area contributed by atoms with E-state index in [9.17, 15) is 0 Å². The lowest BCUT2D eigenvalue weighted by Gasteiger charge is -2.22. The number of aryl methyl sites for hydroxylation is 2. The predicted molar refractivity (Wildman–Crippen MR) is 93.8 cm³/mol. The van der Waals surface area contributed by atoms with Gasteiger partial charge in [-0.3, -0.25) is 4.68 Å². The van der Waals surface area contributed by atoms with Crippen LogP contribution in [0.2, 0.25) is 0 Å². The summed E-state index contributed by atoms with van der Waals surface area (Å²) in [6.07, 6.45) is 2.86. The highest BCUT2D eigenvalue weighted by Crippen LogP contribution is 2.32. The van der Waals surface area contributed by atoms with Crippen LogP contribution in [0.3, 0.4) is 0 Å². The Morgan fingerprint density at radius 3 is 2.86 bits per heavy atom. The zero-order valence-electron chi connectivity index (χ0n) is 13.0. The van der Waals surface area contributed by atoms with E-state index in [1.165, 1.54) is 14.7 Å². The maximum atomic E-state index is 5.49. The lowest BCUT2D eigenvalue weighted by atomic mass is 10.0. The van der Waals surface area contributed by atoms with Gasteiger partial charge >= 0.3 is 0 Å². The molecule has 0 radical (unpaired) electrons. The molecule has 0 amide bonds. The summed E-state index contributed by atoms with van der Waals surface area (Å²) in [7, 11) is 3.65. The van der Waals surface area contributed by atoms with Gasteiger partial charge < -0.3 is 10.1 Å². The fourth-order valence-corrected chi connectivity index (χ4v) is 3.12. The van der Waals surface area contributed by atoms with Crippen molar-refractivity contribution in [2.45, 2.75) is 26.3 Å². The van der Waals surface area contributed by atoms with E-state index in [1.54, 1.807) is 13.3 Å². The summed E-state index contributed by atoms with van der Waals surface area (Å²) in [4.78, 5) is 0. The Bertz CT molecular complexity index is 610. The lowest BCUT2D eigenvalue weighted by Crippen LogP contribution is -2.26. The average Bonchev–Trinajstić information content (AvgIpc) is 2.85. The summed E-state index contributed by atoms with van der Waals surface area (Å²) in [5.41, 5.74) is 3.62. The monoisotopic (exact) mass is 399 g/mol. The number of rotatable bonds is 6. The van der Waals surface area contributed by atoms with Crippen LogP contribution >= 0.6 is 22.6 Å². The summed E-state index contributed by atoms with van der Waals surface area (Å²) >= 11 is 2.42. The Labute approximate surface area is 140 Å². The average molecular weight is 399 g/mol. The summed E-state index contributed by atoms with van der Waals surface area (Å²) in [6.45, 7) is 5.26. The maximum Gasteiger partial charge on any atom is 0.161 e. The van der Waals surface area contributed by atoms with Crippen LogP contribution in [0.15, 0.2) is 24.4 Å². The third-order valence-corrected chi connectivity index (χ3v) is 5.05. The first-order chi connectivity index (χ1) is 10.1. The van der Waals surface area contributed by atoms with Crippen LogP contribution in [0, 0.1) is 10.5 Å². The third-order valence-electron chi connectivity index (χ3n) is 3.57. The number of ether oxygens (including phenoxy) is 1. The second-order valence-corrected chi connectivity index (χ2v) is 6.17. The molecule has 2 rings (SSSR count). The maximum absolute atomic E-state index is 5.49. The van der Waals surface area contributed by atoms with Crippen molar-refractivity contribution in [3.63, 3.8) is 0 Å². The molecule has 0 aliphatic carbocycles. The van der Waals surface area contributed by atoms with E-state index in [0.29, 0.717) is 0 Å². The number of nitrogens with one attached hydrogen (secondary N) is 1. The number of nitrogens with zero attached hydrogens (tertiary/aromatic N) is 2. The minimum atomic E-state index is 0.0826. The molecule has 1 unspecified atom stereocenters. The second-order valence-electron chi connectivity index (χ2n) is 5.09. The summed E-state index contributed by atoms with van der Waals surface area (Å²) in [5.74, 6) is 0.823. The van der Waals surface area contributed by atoms with E-state index >= 15 is 0 Å². The molecule has 114 valence electrons. The molecule has 0 spiro atoms. The molecule has 21 heavy (non-hydrogen) atoms. The molecule has 1 atom stereocenters. The highest BCUT2D eigenvalue weighted by Gasteiger charge is 2.24. The van der Waals surface area contributed by atoms with E-state index in [1.807, 2.05) is 11.7 Å². The number of halogens is 1. The summed E-state index contributed by atoms with van der Waals surface area (Å²) in [5, 5.41) is 7.97. The minimum Gasteiger partial charge on any atom is -0.493 e. The molecule has 5 heteroatoms. The van der Waals surface area contributed by atoms with Crippen molar-refractivity contribution < 1.29 is 4.74 Å². The molecule has 1 heterocycles. The Kier molecular flexibility index (Phi) is 5.64. The first-order valence-corrected chi connectivity index (χ1v) is 8.22. The highest BCUT2D eigenvalue weighted by molar-refractivity contribution is 14.1. The molecule has 0 saturated carbocycles. The molecule has 1 aromatic carbocycles. The van der Waals surface area contributed by atoms with Gasteiger partial charge in [-0.1, -0.05) is 25.1 Å². The fourth-order valence-electron chi connectivity index (χ4n) is 2.45. The van der Waals surface area contributed by atoms with Gasteiger partial charge in [0.2, 0.25) is 0 Å². The van der Waals surface area contributed by atoms with Gasteiger partial charge in [-0.25, -0.2) is 0 Å². The zero-order valence-corrected chi connectivity index (χ0v) is 15.1. The van der Waals surface area contributed by atoms with Crippen molar-refractivity contribution in [1.82, 2.24) is 15.1 Å². The van der Waals surface area contributed by atoms with Crippen LogP contribution in [-0.4, -0.2) is 23.4 Å². The molecular weight excluding hydrogens is 377 g/mol. The number of benzene rings is 1. The van der Waals surface area contributed by atoms with E-state index in [4.69, 9.17) is 4.74 Å². The van der Waals surface area contributed by atoms with Crippen molar-refractivity contribution in [3.05, 3.63) is 44.8 Å². The Hall–Kier alpha value is -1.08. The highest BCUT2D eigenvalue weighted by atomic mass is 127. The van der Waals surface area contributed by atoms with Crippen LogP contribution in [0.5, 0.6) is 5.75 Å². The van der Waals surface area contributed by atoms with Gasteiger partial charge in [-0.05, 0) is 53.6 Å². The Balaban J connectivity index is 2.52. The van der Waals surface area contributed by atoms with E-state index in [0.717, 1.165) is 24.4 Å². The quantitative estimate of drug-likeness (QED) is 0.757. The van der Waals surface area contributed by atoms with Crippen molar-refractivity contribution in [1.29, 1.82) is 0 Å². The first kappa shape index (κ1) is 16.3. The lowest BCUT2D eigenvalue weighted by molar-refractivity contribution is 0.400. The van der Waals surface area contributed by atoms with E-state index in [2.05, 4.69) is 65.1 Å². The first-order valence-electron chi connectivity index (χ1n) is 7.14. The minimum absolute atomic E-state index is 0.0826. The van der Waals surface area contributed by atoms with Gasteiger partial charge in [0, 0.05) is 10.6 Å². The molecular formula is C16H22IN3O. The molecule has 1 N–H and O–H groups in total. The van der Waals surface area contributed by atoms with Gasteiger partial charge in [-0.2, -0.15) is 5.10 Å².